The molecule has 1 aromatic heterocycles. The van der Waals surface area contributed by atoms with Crippen molar-refractivity contribution in [2.45, 2.75) is 89.8 Å². The molecule has 0 saturated carbocycles. The van der Waals surface area contributed by atoms with Gasteiger partial charge in [0.05, 0.1) is 19.5 Å². The molecule has 2 heterocycles. The standard InChI is InChI=1S/C48H59N5O9/c1-5-6-9-24-42(55)52-48(32-36-21-14-15-22-38(36)35-19-12-8-13-20-35,37(31-40(54)41-23-16-27-61-41)33-49-46(59)62-47(2,3)4)44(57)50-39(30-34-17-10-7-11-18-34)43(56)51-45(58)53-25-28-60-29-26-53/h7-8,10-23,27,37,39H,5-6,9,24-26,28-33H2,1-4H3,(H,49,59)(H,50,57)(H,52,55)(H,51,56,58)/t37?,39-,48-/m0/s1. The monoisotopic (exact) mass is 849 g/mol. The van der Waals surface area contributed by atoms with Crippen LogP contribution in [0.3, 0.4) is 0 Å². The number of Topliss-reactive ketones (excluding diaryl/α,β-unsaturated/α-hetero) is 1. The highest BCUT2D eigenvalue weighted by atomic mass is 16.6. The van der Waals surface area contributed by atoms with E-state index in [-0.39, 0.29) is 51.1 Å². The van der Waals surface area contributed by atoms with Crippen molar-refractivity contribution < 1.29 is 42.7 Å². The first-order valence-corrected chi connectivity index (χ1v) is 21.3. The van der Waals surface area contributed by atoms with E-state index in [1.54, 1.807) is 51.1 Å². The molecule has 6 amide bonds. The average Bonchev–Trinajstić information content (AvgIpc) is 3.81. The summed E-state index contributed by atoms with van der Waals surface area (Å²) in [6.45, 7) is 8.00. The Morgan fingerprint density at radius 2 is 1.50 bits per heavy atom. The van der Waals surface area contributed by atoms with Gasteiger partial charge in [0.2, 0.25) is 11.8 Å². The van der Waals surface area contributed by atoms with Crippen molar-refractivity contribution in [3.63, 3.8) is 0 Å². The number of benzene rings is 3. The van der Waals surface area contributed by atoms with Crippen LogP contribution in [0.1, 0.15) is 81.5 Å². The maximum absolute atomic E-state index is 15.8. The number of rotatable bonds is 19. The van der Waals surface area contributed by atoms with E-state index >= 15 is 4.79 Å². The van der Waals surface area contributed by atoms with Gasteiger partial charge < -0.3 is 34.7 Å². The van der Waals surface area contributed by atoms with Crippen molar-refractivity contribution in [1.82, 2.24) is 26.2 Å². The van der Waals surface area contributed by atoms with Crippen LogP contribution in [0, 0.1) is 5.92 Å². The summed E-state index contributed by atoms with van der Waals surface area (Å²) in [6.07, 6.45) is 2.14. The molecule has 1 fully saturated rings. The summed E-state index contributed by atoms with van der Waals surface area (Å²) in [4.78, 5) is 86.7. The molecule has 5 rings (SSSR count). The molecule has 1 aliphatic rings. The molecule has 0 radical (unpaired) electrons. The number of urea groups is 1. The summed E-state index contributed by atoms with van der Waals surface area (Å²) in [5, 5.41) is 11.3. The van der Waals surface area contributed by atoms with Crippen LogP contribution in [0.4, 0.5) is 9.59 Å². The van der Waals surface area contributed by atoms with Gasteiger partial charge in [-0.15, -0.1) is 0 Å². The molecule has 4 N–H and O–H groups in total. The second kappa shape index (κ2) is 22.5. The minimum Gasteiger partial charge on any atom is -0.461 e. The van der Waals surface area contributed by atoms with Gasteiger partial charge in [0, 0.05) is 51.2 Å². The number of amides is 6. The van der Waals surface area contributed by atoms with Gasteiger partial charge in [-0.1, -0.05) is 105 Å². The van der Waals surface area contributed by atoms with E-state index in [9.17, 15) is 24.0 Å². The topological polar surface area (TPSA) is 185 Å². The number of alkyl carbamates (subject to hydrolysis) is 1. The molecular formula is C48H59N5O9. The fourth-order valence-electron chi connectivity index (χ4n) is 7.42. The van der Waals surface area contributed by atoms with E-state index < -0.39 is 58.7 Å². The highest BCUT2D eigenvalue weighted by molar-refractivity contribution is 6.01. The zero-order valence-corrected chi connectivity index (χ0v) is 36.1. The number of hydrogen-bond donors (Lipinski definition) is 4. The lowest BCUT2D eigenvalue weighted by Gasteiger charge is -2.41. The van der Waals surface area contributed by atoms with Crippen LogP contribution in [0.15, 0.2) is 108 Å². The molecular weight excluding hydrogens is 791 g/mol. The van der Waals surface area contributed by atoms with E-state index in [1.165, 1.54) is 17.2 Å². The van der Waals surface area contributed by atoms with E-state index in [0.29, 0.717) is 30.8 Å². The number of unbranched alkanes of at least 4 members (excludes halogenated alkanes) is 2. The fourth-order valence-corrected chi connectivity index (χ4v) is 7.42. The summed E-state index contributed by atoms with van der Waals surface area (Å²) in [5.74, 6) is -3.69. The van der Waals surface area contributed by atoms with Gasteiger partial charge in [0.25, 0.3) is 5.91 Å². The zero-order valence-electron chi connectivity index (χ0n) is 36.1. The van der Waals surface area contributed by atoms with Crippen LogP contribution in [-0.4, -0.2) is 90.6 Å². The van der Waals surface area contributed by atoms with Gasteiger partial charge in [-0.2, -0.15) is 0 Å². The number of ketones is 1. The van der Waals surface area contributed by atoms with Crippen LogP contribution >= 0.6 is 0 Å². The predicted octanol–water partition coefficient (Wildman–Crippen LogP) is 6.63. The zero-order chi connectivity index (χ0) is 44.5. The minimum absolute atomic E-state index is 0.0171. The van der Waals surface area contributed by atoms with Gasteiger partial charge in [-0.3, -0.25) is 24.5 Å². The normalized spacial score (nSPS) is 14.7. The predicted molar refractivity (Wildman–Crippen MR) is 234 cm³/mol. The molecule has 0 bridgehead atoms. The molecule has 1 saturated heterocycles. The van der Waals surface area contributed by atoms with Crippen molar-refractivity contribution >= 4 is 35.6 Å². The van der Waals surface area contributed by atoms with Crippen molar-refractivity contribution in [3.8, 4) is 11.1 Å². The molecule has 14 nitrogen and oxygen atoms in total. The minimum atomic E-state index is -2.02. The van der Waals surface area contributed by atoms with E-state index in [4.69, 9.17) is 13.9 Å². The Morgan fingerprint density at radius 3 is 2.16 bits per heavy atom. The number of imide groups is 1. The first kappa shape index (κ1) is 46.8. The molecule has 3 atom stereocenters. The smallest absolute Gasteiger partial charge is 0.407 e. The van der Waals surface area contributed by atoms with Gasteiger partial charge in [0.1, 0.15) is 17.2 Å². The number of ether oxygens (including phenoxy) is 2. The average molecular weight is 850 g/mol. The number of hydrogen-bond acceptors (Lipinski definition) is 9. The number of nitrogens with one attached hydrogen (secondary N) is 4. The first-order chi connectivity index (χ1) is 29.8. The van der Waals surface area contributed by atoms with Crippen LogP contribution < -0.4 is 21.3 Å². The highest BCUT2D eigenvalue weighted by Crippen LogP contribution is 2.33. The maximum Gasteiger partial charge on any atom is 0.407 e. The molecule has 1 unspecified atom stereocenters. The Labute approximate surface area is 363 Å². The van der Waals surface area contributed by atoms with Crippen LogP contribution in [0.5, 0.6) is 0 Å². The number of carbonyl (C=O) groups excluding carboxylic acids is 6. The van der Waals surface area contributed by atoms with E-state index in [0.717, 1.165) is 24.0 Å². The first-order valence-electron chi connectivity index (χ1n) is 21.3. The summed E-state index contributed by atoms with van der Waals surface area (Å²) >= 11 is 0. The van der Waals surface area contributed by atoms with Gasteiger partial charge >= 0.3 is 12.1 Å². The quantitative estimate of drug-likeness (QED) is 0.0594. The largest absolute Gasteiger partial charge is 0.461 e. The molecule has 14 heteroatoms. The molecule has 330 valence electrons. The van der Waals surface area contributed by atoms with Crippen LogP contribution in [0.25, 0.3) is 11.1 Å². The number of morpholine rings is 1. The SMILES string of the molecule is CCCCCC(=O)N[C@](Cc1ccccc1-c1ccccc1)(C(=O)N[C@@H](Cc1ccccc1)C(=O)NC(=O)N1CCOCC1)C(CNC(=O)OC(C)(C)C)CC(=O)c1ccco1. The fraction of sp³-hybridized carbons (Fsp3) is 0.417. The summed E-state index contributed by atoms with van der Waals surface area (Å²) in [7, 11) is 0. The Bertz CT molecular complexity index is 2100. The molecule has 62 heavy (non-hydrogen) atoms. The third kappa shape index (κ3) is 13.6. The van der Waals surface area contributed by atoms with Crippen molar-refractivity contribution in [3.05, 3.63) is 120 Å². The Morgan fingerprint density at radius 1 is 0.823 bits per heavy atom. The number of nitrogens with zero attached hydrogens (tertiary/aromatic N) is 1. The Hall–Kier alpha value is -6.28. The van der Waals surface area contributed by atoms with E-state index in [1.807, 2.05) is 67.6 Å². The molecule has 0 aliphatic carbocycles. The van der Waals surface area contributed by atoms with Gasteiger partial charge in [-0.05, 0) is 61.6 Å². The van der Waals surface area contributed by atoms with Crippen molar-refractivity contribution in [1.29, 1.82) is 0 Å². The summed E-state index contributed by atoms with van der Waals surface area (Å²) in [5.41, 5.74) is 0.0285. The second-order valence-corrected chi connectivity index (χ2v) is 16.5. The van der Waals surface area contributed by atoms with E-state index in [2.05, 4.69) is 21.3 Å². The second-order valence-electron chi connectivity index (χ2n) is 16.5. The number of furan rings is 1. The lowest BCUT2D eigenvalue weighted by atomic mass is 9.73. The maximum atomic E-state index is 15.8. The van der Waals surface area contributed by atoms with Gasteiger partial charge in [0.15, 0.2) is 11.5 Å². The molecule has 1 aliphatic heterocycles. The lowest BCUT2D eigenvalue weighted by Crippen LogP contribution is -2.68. The van der Waals surface area contributed by atoms with Crippen molar-refractivity contribution in [2.24, 2.45) is 5.92 Å². The molecule has 4 aromatic rings. The van der Waals surface area contributed by atoms with Crippen molar-refractivity contribution in [2.75, 3.05) is 32.8 Å². The summed E-state index contributed by atoms with van der Waals surface area (Å²) < 4.78 is 16.5. The third-order valence-electron chi connectivity index (χ3n) is 10.6. The highest BCUT2D eigenvalue weighted by Gasteiger charge is 2.49. The van der Waals surface area contributed by atoms with Gasteiger partial charge in [-0.25, -0.2) is 9.59 Å². The summed E-state index contributed by atoms with van der Waals surface area (Å²) in [6, 6.07) is 27.1. The van der Waals surface area contributed by atoms with Crippen LogP contribution in [0.2, 0.25) is 0 Å². The third-order valence-corrected chi connectivity index (χ3v) is 10.6. The Kier molecular flexibility index (Phi) is 17.0. The lowest BCUT2D eigenvalue weighted by molar-refractivity contribution is -0.138. The van der Waals surface area contributed by atoms with Crippen LogP contribution in [-0.2, 0) is 36.7 Å². The Balaban J connectivity index is 1.67. The molecule has 0 spiro atoms. The molecule has 3 aromatic carbocycles. The number of carbonyl (C=O) groups is 6.